The molecule has 5 rings (SSSR count). The third-order valence-electron chi connectivity index (χ3n) is 6.35. The first kappa shape index (κ1) is 26.7. The molecule has 1 heterocycles. The van der Waals surface area contributed by atoms with Crippen LogP contribution in [0.3, 0.4) is 0 Å². The summed E-state index contributed by atoms with van der Waals surface area (Å²) in [6, 6.07) is 28.8. The number of ether oxygens (including phenoxy) is 4. The lowest BCUT2D eigenvalue weighted by atomic mass is 9.83. The fraction of sp³-hybridized carbons (Fsp3) is 0.125. The van der Waals surface area contributed by atoms with Crippen molar-refractivity contribution in [2.45, 2.75) is 19.4 Å². The molecule has 4 aromatic carbocycles. The predicted octanol–water partition coefficient (Wildman–Crippen LogP) is 6.76. The lowest BCUT2D eigenvalue weighted by molar-refractivity contribution is 0.0734. The van der Waals surface area contributed by atoms with Crippen molar-refractivity contribution in [3.05, 3.63) is 130 Å². The number of fused-ring (bicyclic) bond motifs is 1. The highest BCUT2D eigenvalue weighted by molar-refractivity contribution is 6.31. The second-order valence-electron chi connectivity index (χ2n) is 8.92. The van der Waals surface area contributed by atoms with Crippen molar-refractivity contribution < 1.29 is 23.7 Å². The van der Waals surface area contributed by atoms with E-state index in [9.17, 15) is 10.1 Å². The number of allylic oxidation sites excluding steroid dienone is 1. The zero-order valence-corrected chi connectivity index (χ0v) is 22.4. The smallest absolute Gasteiger partial charge is 0.343 e. The van der Waals surface area contributed by atoms with Gasteiger partial charge in [0.1, 0.15) is 41.2 Å². The standard InChI is InChI=1S/C32H25ClN2O5/c1-2-37-23-12-10-20(11-13-23)32(36)39-25-14-15-26-29(17-25)40-31(35)27(18-34)30(26)21-7-5-8-24(16-21)38-19-22-6-3-4-9-28(22)33/h3-17,30H,2,19,35H2,1H3. The lowest BCUT2D eigenvalue weighted by Gasteiger charge is -2.27. The number of halogens is 1. The van der Waals surface area contributed by atoms with E-state index in [2.05, 4.69) is 6.07 Å². The third-order valence-corrected chi connectivity index (χ3v) is 6.71. The van der Waals surface area contributed by atoms with Crippen LogP contribution in [0.5, 0.6) is 23.0 Å². The van der Waals surface area contributed by atoms with E-state index in [1.807, 2.05) is 55.5 Å². The number of hydrogen-bond donors (Lipinski definition) is 1. The summed E-state index contributed by atoms with van der Waals surface area (Å²) in [4.78, 5) is 12.7. The first-order chi connectivity index (χ1) is 19.5. The molecule has 0 spiro atoms. The van der Waals surface area contributed by atoms with Gasteiger partial charge in [-0.15, -0.1) is 0 Å². The second kappa shape index (κ2) is 11.9. The molecule has 4 aromatic rings. The number of esters is 1. The van der Waals surface area contributed by atoms with Crippen molar-refractivity contribution in [3.63, 3.8) is 0 Å². The van der Waals surface area contributed by atoms with Crippen LogP contribution in [0, 0.1) is 11.3 Å². The van der Waals surface area contributed by atoms with Gasteiger partial charge in [-0.3, -0.25) is 0 Å². The zero-order valence-electron chi connectivity index (χ0n) is 21.6. The van der Waals surface area contributed by atoms with Crippen molar-refractivity contribution in [2.24, 2.45) is 5.73 Å². The normalized spacial score (nSPS) is 14.0. The van der Waals surface area contributed by atoms with Crippen molar-refractivity contribution in [1.82, 2.24) is 0 Å². The van der Waals surface area contributed by atoms with E-state index in [1.54, 1.807) is 42.5 Å². The topological polar surface area (TPSA) is 104 Å². The molecule has 2 N–H and O–H groups in total. The molecule has 0 aromatic heterocycles. The van der Waals surface area contributed by atoms with E-state index in [1.165, 1.54) is 0 Å². The molecule has 1 unspecified atom stereocenters. The minimum Gasteiger partial charge on any atom is -0.494 e. The fourth-order valence-corrected chi connectivity index (χ4v) is 4.61. The van der Waals surface area contributed by atoms with Crippen LogP contribution in [0.4, 0.5) is 0 Å². The summed E-state index contributed by atoms with van der Waals surface area (Å²) in [7, 11) is 0. The minimum absolute atomic E-state index is 0.0163. The Labute approximate surface area is 236 Å². The van der Waals surface area contributed by atoms with Crippen LogP contribution >= 0.6 is 11.6 Å². The maximum Gasteiger partial charge on any atom is 0.343 e. The Balaban J connectivity index is 1.39. The molecule has 0 radical (unpaired) electrons. The van der Waals surface area contributed by atoms with E-state index in [0.29, 0.717) is 46.6 Å². The summed E-state index contributed by atoms with van der Waals surface area (Å²) in [5, 5.41) is 10.6. The SMILES string of the molecule is CCOc1ccc(C(=O)Oc2ccc3c(c2)OC(N)=C(C#N)C3c2cccc(OCc3ccccc3Cl)c2)cc1. The average Bonchev–Trinajstić information content (AvgIpc) is 2.96. The molecule has 0 bridgehead atoms. The molecular formula is C32H25ClN2O5. The minimum atomic E-state index is -0.528. The van der Waals surface area contributed by atoms with Gasteiger partial charge in [-0.05, 0) is 61.0 Å². The van der Waals surface area contributed by atoms with Crippen LogP contribution in [0.1, 0.15) is 39.9 Å². The molecule has 1 atom stereocenters. The summed E-state index contributed by atoms with van der Waals surface area (Å²) in [6.45, 7) is 2.71. The molecule has 8 heteroatoms. The maximum atomic E-state index is 12.7. The Morgan fingerprint density at radius 1 is 0.950 bits per heavy atom. The average molecular weight is 553 g/mol. The highest BCUT2D eigenvalue weighted by atomic mass is 35.5. The second-order valence-corrected chi connectivity index (χ2v) is 9.33. The van der Waals surface area contributed by atoms with E-state index in [-0.39, 0.29) is 17.2 Å². The Morgan fingerprint density at radius 2 is 1.73 bits per heavy atom. The summed E-state index contributed by atoms with van der Waals surface area (Å²) in [5.74, 6) is 0.900. The number of benzene rings is 4. The maximum absolute atomic E-state index is 12.7. The van der Waals surface area contributed by atoms with E-state index in [0.717, 1.165) is 11.1 Å². The zero-order chi connectivity index (χ0) is 28.1. The monoisotopic (exact) mass is 552 g/mol. The van der Waals surface area contributed by atoms with Crippen LogP contribution in [-0.4, -0.2) is 12.6 Å². The van der Waals surface area contributed by atoms with Crippen molar-refractivity contribution in [2.75, 3.05) is 6.61 Å². The van der Waals surface area contributed by atoms with Crippen LogP contribution in [0.25, 0.3) is 0 Å². The van der Waals surface area contributed by atoms with Gasteiger partial charge in [-0.25, -0.2) is 4.79 Å². The van der Waals surface area contributed by atoms with Crippen LogP contribution in [0.2, 0.25) is 5.02 Å². The van der Waals surface area contributed by atoms with Gasteiger partial charge >= 0.3 is 5.97 Å². The van der Waals surface area contributed by atoms with Crippen LogP contribution in [-0.2, 0) is 6.61 Å². The van der Waals surface area contributed by atoms with Gasteiger partial charge in [0, 0.05) is 22.2 Å². The molecule has 40 heavy (non-hydrogen) atoms. The number of nitrogens with two attached hydrogens (primary N) is 1. The van der Waals surface area contributed by atoms with Crippen LogP contribution in [0.15, 0.2) is 102 Å². The molecule has 0 fully saturated rings. The van der Waals surface area contributed by atoms with Gasteiger partial charge < -0.3 is 24.7 Å². The first-order valence-corrected chi connectivity index (χ1v) is 13.0. The van der Waals surface area contributed by atoms with Gasteiger partial charge in [0.15, 0.2) is 0 Å². The highest BCUT2D eigenvalue weighted by Gasteiger charge is 2.31. The van der Waals surface area contributed by atoms with Gasteiger partial charge in [0.2, 0.25) is 5.88 Å². The molecule has 7 nitrogen and oxygen atoms in total. The molecule has 0 aliphatic carbocycles. The van der Waals surface area contributed by atoms with E-state index >= 15 is 0 Å². The number of carbonyl (C=O) groups is 1. The Hall–Kier alpha value is -4.93. The summed E-state index contributed by atoms with van der Waals surface area (Å²) >= 11 is 6.26. The fourth-order valence-electron chi connectivity index (χ4n) is 4.42. The largest absolute Gasteiger partial charge is 0.494 e. The quantitative estimate of drug-likeness (QED) is 0.190. The first-order valence-electron chi connectivity index (χ1n) is 12.6. The number of carbonyl (C=O) groups excluding carboxylic acids is 1. The summed E-state index contributed by atoms with van der Waals surface area (Å²) in [6.07, 6.45) is 0. The molecule has 0 saturated heterocycles. The van der Waals surface area contributed by atoms with Gasteiger partial charge in [-0.2, -0.15) is 5.26 Å². The van der Waals surface area contributed by atoms with Crippen LogP contribution < -0.4 is 24.7 Å². The van der Waals surface area contributed by atoms with E-state index in [4.69, 9.17) is 36.3 Å². The van der Waals surface area contributed by atoms with Crippen molar-refractivity contribution in [1.29, 1.82) is 5.26 Å². The molecule has 1 aliphatic rings. The molecule has 200 valence electrons. The molecular weight excluding hydrogens is 528 g/mol. The van der Waals surface area contributed by atoms with E-state index < -0.39 is 11.9 Å². The number of nitrogens with zero attached hydrogens (tertiary/aromatic N) is 1. The highest BCUT2D eigenvalue weighted by Crippen LogP contribution is 2.44. The molecule has 0 amide bonds. The van der Waals surface area contributed by atoms with Gasteiger partial charge in [0.25, 0.3) is 0 Å². The lowest BCUT2D eigenvalue weighted by Crippen LogP contribution is -2.21. The number of nitriles is 1. The third kappa shape index (κ3) is 5.73. The van der Waals surface area contributed by atoms with Gasteiger partial charge in [0.05, 0.1) is 18.1 Å². The summed E-state index contributed by atoms with van der Waals surface area (Å²) < 4.78 is 22.8. The predicted molar refractivity (Wildman–Crippen MR) is 151 cm³/mol. The van der Waals surface area contributed by atoms with Crippen molar-refractivity contribution in [3.8, 4) is 29.1 Å². The summed E-state index contributed by atoms with van der Waals surface area (Å²) in [5.41, 5.74) is 9.18. The number of rotatable bonds is 8. The van der Waals surface area contributed by atoms with Crippen molar-refractivity contribution >= 4 is 17.6 Å². The number of hydrogen-bond acceptors (Lipinski definition) is 7. The molecule has 1 aliphatic heterocycles. The Bertz CT molecular complexity index is 1630. The Kier molecular flexibility index (Phi) is 7.90. The molecule has 0 saturated carbocycles. The Morgan fingerprint density at radius 3 is 2.48 bits per heavy atom. The van der Waals surface area contributed by atoms with Gasteiger partial charge in [-0.1, -0.05) is 48.0 Å².